The fourth-order valence-corrected chi connectivity index (χ4v) is 1.41. The quantitative estimate of drug-likeness (QED) is 0.576. The van der Waals surface area contributed by atoms with E-state index in [4.69, 9.17) is 4.74 Å². The molecule has 0 saturated heterocycles. The molecule has 1 heterocycles. The fourth-order valence-electron chi connectivity index (χ4n) is 1.41. The van der Waals surface area contributed by atoms with E-state index in [0.29, 0.717) is 25.3 Å². The van der Waals surface area contributed by atoms with Crippen LogP contribution in [0.25, 0.3) is 0 Å². The van der Waals surface area contributed by atoms with Crippen molar-refractivity contribution < 1.29 is 14.3 Å². The maximum atomic E-state index is 11.6. The first-order chi connectivity index (χ1) is 9.54. The summed E-state index contributed by atoms with van der Waals surface area (Å²) in [4.78, 5) is 29.1. The minimum Gasteiger partial charge on any atom is -0.385 e. The molecule has 0 saturated carbocycles. The van der Waals surface area contributed by atoms with Gasteiger partial charge in [0.1, 0.15) is 5.82 Å². The van der Waals surface area contributed by atoms with Crippen LogP contribution in [0, 0.1) is 0 Å². The molecule has 0 radical (unpaired) electrons. The van der Waals surface area contributed by atoms with Crippen molar-refractivity contribution in [2.45, 2.75) is 6.42 Å². The third kappa shape index (κ3) is 5.23. The number of carbonyl (C=O) groups is 2. The molecule has 0 aliphatic carbocycles. The summed E-state index contributed by atoms with van der Waals surface area (Å²) in [5.41, 5.74) is 0.479. The third-order valence-electron chi connectivity index (χ3n) is 2.48. The molecule has 20 heavy (non-hydrogen) atoms. The minimum absolute atomic E-state index is 0.401. The van der Waals surface area contributed by atoms with E-state index in [2.05, 4.69) is 15.6 Å². The van der Waals surface area contributed by atoms with Gasteiger partial charge in [0.2, 0.25) is 0 Å². The van der Waals surface area contributed by atoms with E-state index in [-0.39, 0.29) is 0 Å². The average Bonchev–Trinajstić information content (AvgIpc) is 2.44. The summed E-state index contributed by atoms with van der Waals surface area (Å²) in [7, 11) is 5.32. The Balaban J connectivity index is 2.43. The van der Waals surface area contributed by atoms with Crippen molar-refractivity contribution in [3.8, 4) is 0 Å². The number of hydrogen-bond acceptors (Lipinski definition) is 5. The zero-order valence-electron chi connectivity index (χ0n) is 12.0. The first kappa shape index (κ1) is 15.9. The molecule has 0 fully saturated rings. The van der Waals surface area contributed by atoms with Crippen LogP contribution in [-0.2, 0) is 14.3 Å². The fraction of sp³-hybridized carbons (Fsp3) is 0.462. The Morgan fingerprint density at radius 1 is 1.30 bits per heavy atom. The monoisotopic (exact) mass is 280 g/mol. The van der Waals surface area contributed by atoms with E-state index < -0.39 is 11.8 Å². The van der Waals surface area contributed by atoms with Crippen molar-refractivity contribution in [1.29, 1.82) is 0 Å². The van der Waals surface area contributed by atoms with Crippen LogP contribution in [0.15, 0.2) is 18.3 Å². The Morgan fingerprint density at radius 2 is 2.05 bits per heavy atom. The van der Waals surface area contributed by atoms with Gasteiger partial charge in [0.25, 0.3) is 0 Å². The van der Waals surface area contributed by atoms with Crippen molar-refractivity contribution in [2.24, 2.45) is 0 Å². The second kappa shape index (κ2) is 8.11. The van der Waals surface area contributed by atoms with Crippen LogP contribution in [0.5, 0.6) is 0 Å². The Labute approximate surface area is 118 Å². The zero-order chi connectivity index (χ0) is 15.0. The second-order valence-corrected chi connectivity index (χ2v) is 4.36. The lowest BCUT2D eigenvalue weighted by molar-refractivity contribution is -0.136. The summed E-state index contributed by atoms with van der Waals surface area (Å²) in [5.74, 6) is -0.605. The number of anilines is 2. The standard InChI is InChI=1S/C13H20N4O3/c1-17(2)11-6-5-10(9-15-11)16-13(19)12(18)14-7-4-8-20-3/h5-6,9H,4,7-8H2,1-3H3,(H,14,18)(H,16,19). The van der Waals surface area contributed by atoms with E-state index in [1.54, 1.807) is 19.2 Å². The molecule has 2 amide bonds. The molecular weight excluding hydrogens is 260 g/mol. The largest absolute Gasteiger partial charge is 0.385 e. The van der Waals surface area contributed by atoms with Crippen molar-refractivity contribution in [2.75, 3.05) is 44.6 Å². The number of ether oxygens (including phenoxy) is 1. The van der Waals surface area contributed by atoms with E-state index in [1.165, 1.54) is 6.20 Å². The maximum absolute atomic E-state index is 11.6. The zero-order valence-corrected chi connectivity index (χ0v) is 12.0. The normalized spacial score (nSPS) is 9.95. The van der Waals surface area contributed by atoms with Gasteiger partial charge in [-0.3, -0.25) is 9.59 Å². The van der Waals surface area contributed by atoms with Crippen molar-refractivity contribution >= 4 is 23.3 Å². The van der Waals surface area contributed by atoms with Gasteiger partial charge in [-0.25, -0.2) is 4.98 Å². The first-order valence-electron chi connectivity index (χ1n) is 6.26. The molecule has 1 aromatic heterocycles. The van der Waals surface area contributed by atoms with E-state index in [1.807, 2.05) is 19.0 Å². The molecule has 1 rings (SSSR count). The molecular formula is C13H20N4O3. The molecule has 110 valence electrons. The molecule has 0 bridgehead atoms. The number of pyridine rings is 1. The SMILES string of the molecule is COCCCNC(=O)C(=O)Nc1ccc(N(C)C)nc1. The van der Waals surface area contributed by atoms with E-state index in [9.17, 15) is 9.59 Å². The lowest BCUT2D eigenvalue weighted by atomic mass is 10.3. The van der Waals surface area contributed by atoms with Crippen molar-refractivity contribution in [1.82, 2.24) is 10.3 Å². The van der Waals surface area contributed by atoms with Crippen LogP contribution in [0.2, 0.25) is 0 Å². The lowest BCUT2D eigenvalue weighted by Crippen LogP contribution is -2.36. The second-order valence-electron chi connectivity index (χ2n) is 4.36. The number of nitrogens with one attached hydrogen (secondary N) is 2. The molecule has 0 aliphatic heterocycles. The predicted octanol–water partition coefficient (Wildman–Crippen LogP) is 0.239. The van der Waals surface area contributed by atoms with Gasteiger partial charge in [0.15, 0.2) is 0 Å². The summed E-state index contributed by atoms with van der Waals surface area (Å²) < 4.78 is 4.85. The molecule has 0 aliphatic rings. The van der Waals surface area contributed by atoms with Crippen LogP contribution in [0.4, 0.5) is 11.5 Å². The van der Waals surface area contributed by atoms with E-state index >= 15 is 0 Å². The molecule has 2 N–H and O–H groups in total. The molecule has 0 atom stereocenters. The van der Waals surface area contributed by atoms with Gasteiger partial charge < -0.3 is 20.3 Å². The van der Waals surface area contributed by atoms with Crippen molar-refractivity contribution in [3.05, 3.63) is 18.3 Å². The topological polar surface area (TPSA) is 83.6 Å². The molecule has 7 nitrogen and oxygen atoms in total. The van der Waals surface area contributed by atoms with E-state index in [0.717, 1.165) is 5.82 Å². The molecule has 0 aromatic carbocycles. The maximum Gasteiger partial charge on any atom is 0.313 e. The molecule has 1 aromatic rings. The number of amides is 2. The first-order valence-corrected chi connectivity index (χ1v) is 6.26. The van der Waals surface area contributed by atoms with Gasteiger partial charge in [-0.1, -0.05) is 0 Å². The van der Waals surface area contributed by atoms with Gasteiger partial charge in [0, 0.05) is 34.4 Å². The van der Waals surface area contributed by atoms with Crippen LogP contribution < -0.4 is 15.5 Å². The smallest absolute Gasteiger partial charge is 0.313 e. The van der Waals surface area contributed by atoms with Gasteiger partial charge >= 0.3 is 11.8 Å². The highest BCUT2D eigenvalue weighted by atomic mass is 16.5. The number of hydrogen-bond donors (Lipinski definition) is 2. The van der Waals surface area contributed by atoms with Gasteiger partial charge in [-0.2, -0.15) is 0 Å². The number of nitrogens with zero attached hydrogens (tertiary/aromatic N) is 2. The number of methoxy groups -OCH3 is 1. The highest BCUT2D eigenvalue weighted by Gasteiger charge is 2.13. The van der Waals surface area contributed by atoms with Crippen LogP contribution in [-0.4, -0.2) is 51.2 Å². The summed E-state index contributed by atoms with van der Waals surface area (Å²) in [6, 6.07) is 3.45. The Morgan fingerprint density at radius 3 is 2.60 bits per heavy atom. The molecule has 0 unspecified atom stereocenters. The summed E-state index contributed by atoms with van der Waals surface area (Å²) >= 11 is 0. The summed E-state index contributed by atoms with van der Waals surface area (Å²) in [6.07, 6.45) is 2.17. The Hall–Kier alpha value is -2.15. The number of carbonyl (C=O) groups excluding carboxylic acids is 2. The number of rotatable bonds is 6. The minimum atomic E-state index is -0.707. The lowest BCUT2D eigenvalue weighted by Gasteiger charge is -2.11. The van der Waals surface area contributed by atoms with Crippen LogP contribution >= 0.6 is 0 Å². The van der Waals surface area contributed by atoms with Gasteiger partial charge in [-0.05, 0) is 18.6 Å². The van der Waals surface area contributed by atoms with Crippen molar-refractivity contribution in [3.63, 3.8) is 0 Å². The van der Waals surface area contributed by atoms with Gasteiger partial charge in [0.05, 0.1) is 11.9 Å². The van der Waals surface area contributed by atoms with Gasteiger partial charge in [-0.15, -0.1) is 0 Å². The number of aromatic nitrogens is 1. The van der Waals surface area contributed by atoms with Crippen LogP contribution in [0.3, 0.4) is 0 Å². The van der Waals surface area contributed by atoms with Crippen LogP contribution in [0.1, 0.15) is 6.42 Å². The Kier molecular flexibility index (Phi) is 6.45. The molecule has 7 heteroatoms. The Bertz CT molecular complexity index is 445. The predicted molar refractivity (Wildman–Crippen MR) is 76.7 cm³/mol. The average molecular weight is 280 g/mol. The highest BCUT2D eigenvalue weighted by Crippen LogP contribution is 2.11. The molecule has 0 spiro atoms. The summed E-state index contributed by atoms with van der Waals surface area (Å²) in [5, 5.41) is 4.99. The highest BCUT2D eigenvalue weighted by molar-refractivity contribution is 6.39. The third-order valence-corrected chi connectivity index (χ3v) is 2.48. The summed E-state index contributed by atoms with van der Waals surface area (Å²) in [6.45, 7) is 0.940.